The van der Waals surface area contributed by atoms with Crippen LogP contribution in [0, 0.1) is 5.92 Å². The van der Waals surface area contributed by atoms with Gasteiger partial charge >= 0.3 is 0 Å². The summed E-state index contributed by atoms with van der Waals surface area (Å²) in [5, 5.41) is 2.40. The van der Waals surface area contributed by atoms with Crippen LogP contribution in [0.2, 0.25) is 0 Å². The molecule has 2 aliphatic rings. The third-order valence-corrected chi connectivity index (χ3v) is 13.9. The van der Waals surface area contributed by atoms with Crippen molar-refractivity contribution < 1.29 is 14.2 Å². The topological polar surface area (TPSA) is 30.9 Å². The Kier molecular flexibility index (Phi) is 16.4. The molecule has 1 atom stereocenters. The smallest absolute Gasteiger partial charge is 0.178 e. The lowest BCUT2D eigenvalue weighted by molar-refractivity contribution is 0.161. The fourth-order valence-electron chi connectivity index (χ4n) is 9.82. The highest BCUT2D eigenvalue weighted by atomic mass is 16.5. The number of hydrogen-bond donors (Lipinski definition) is 0. The first-order chi connectivity index (χ1) is 32.0. The molecule has 1 fully saturated rings. The summed E-state index contributed by atoms with van der Waals surface area (Å²) in [7, 11) is 0. The summed E-state index contributed by atoms with van der Waals surface area (Å²) in [4.78, 5) is 2.53. The first-order valence-electron chi connectivity index (χ1n) is 25.4. The van der Waals surface area contributed by atoms with Crippen molar-refractivity contribution in [3.8, 4) is 39.5 Å². The second kappa shape index (κ2) is 23.1. The van der Waals surface area contributed by atoms with Crippen molar-refractivity contribution in [3.63, 3.8) is 0 Å². The predicted octanol–water partition coefficient (Wildman–Crippen LogP) is 17.0. The van der Waals surface area contributed by atoms with Crippen LogP contribution < -0.4 is 19.1 Å². The Balaban J connectivity index is 0.998. The van der Waals surface area contributed by atoms with Crippen LogP contribution in [0.4, 0.5) is 5.69 Å². The Hall–Kier alpha value is -5.48. The number of ether oxygens (including phenoxy) is 3. The SMILES string of the molecule is CCCCCCCCCCCCOc1ccc(-c2ccc(-c3cc4c(c5ccccc35)C=CC(c3ccc(OCCCCCC)cc3)(c3ccc(N5CCC(C)CC5)cc3)O4)cc2)cc1. The molecule has 0 radical (unpaired) electrons. The second-order valence-corrected chi connectivity index (χ2v) is 18.8. The van der Waals surface area contributed by atoms with Crippen LogP contribution in [0.5, 0.6) is 17.2 Å². The zero-order valence-electron chi connectivity index (χ0n) is 39.7. The molecule has 65 heavy (non-hydrogen) atoms. The molecule has 340 valence electrons. The number of anilines is 1. The van der Waals surface area contributed by atoms with Crippen molar-refractivity contribution in [1.82, 2.24) is 0 Å². The molecular formula is C61H73NO3. The Morgan fingerprint density at radius 1 is 0.538 bits per heavy atom. The van der Waals surface area contributed by atoms with E-state index in [0.717, 1.165) is 90.1 Å². The van der Waals surface area contributed by atoms with Gasteiger partial charge in [-0.2, -0.15) is 0 Å². The third kappa shape index (κ3) is 11.7. The minimum absolute atomic E-state index is 0.739. The van der Waals surface area contributed by atoms with E-state index < -0.39 is 5.60 Å². The standard InChI is InChI=1S/C61H73NO3/c1-4-6-8-10-11-12-13-14-15-19-45-63-54-34-26-49(27-35-54)48-22-24-50(25-23-48)59-46-60-58(56-20-16-17-21-57(56)59)38-41-61(65-60,52-30-36-55(37-31-52)64-44-18-9-7-5-2)51-28-32-53(33-29-51)62-42-39-47(3)40-43-62/h16-17,20-38,41,46-47H,4-15,18-19,39-40,42-45H2,1-3H3. The monoisotopic (exact) mass is 868 g/mol. The molecule has 8 rings (SSSR count). The lowest BCUT2D eigenvalue weighted by Gasteiger charge is -2.37. The van der Waals surface area contributed by atoms with Crippen molar-refractivity contribution in [1.29, 1.82) is 0 Å². The average molecular weight is 868 g/mol. The van der Waals surface area contributed by atoms with Crippen LogP contribution in [0.3, 0.4) is 0 Å². The normalized spacial score (nSPS) is 16.1. The Morgan fingerprint density at radius 2 is 1.02 bits per heavy atom. The maximum atomic E-state index is 7.45. The maximum absolute atomic E-state index is 7.45. The molecule has 1 unspecified atom stereocenters. The zero-order valence-corrected chi connectivity index (χ0v) is 39.7. The summed E-state index contributed by atoms with van der Waals surface area (Å²) in [6.45, 7) is 10.6. The molecule has 2 heterocycles. The summed E-state index contributed by atoms with van der Waals surface area (Å²) in [5.74, 6) is 3.51. The Bertz CT molecular complexity index is 2390. The van der Waals surface area contributed by atoms with Gasteiger partial charge in [0.25, 0.3) is 0 Å². The quantitative estimate of drug-likeness (QED) is 0.0600. The molecule has 0 saturated carbocycles. The summed E-state index contributed by atoms with van der Waals surface area (Å²) in [6.07, 6.45) is 25.1. The lowest BCUT2D eigenvalue weighted by atomic mass is 9.82. The van der Waals surface area contributed by atoms with Gasteiger partial charge in [-0.3, -0.25) is 0 Å². The highest BCUT2D eigenvalue weighted by Gasteiger charge is 2.38. The number of fused-ring (bicyclic) bond motifs is 3. The second-order valence-electron chi connectivity index (χ2n) is 18.8. The molecule has 2 aliphatic heterocycles. The van der Waals surface area contributed by atoms with E-state index in [-0.39, 0.29) is 0 Å². The van der Waals surface area contributed by atoms with E-state index >= 15 is 0 Å². The van der Waals surface area contributed by atoms with Gasteiger partial charge in [0.1, 0.15) is 17.2 Å². The predicted molar refractivity (Wildman–Crippen MR) is 276 cm³/mol. The van der Waals surface area contributed by atoms with Crippen molar-refractivity contribution in [2.24, 2.45) is 5.92 Å². The molecule has 4 nitrogen and oxygen atoms in total. The van der Waals surface area contributed by atoms with Gasteiger partial charge in [0.05, 0.1) is 13.2 Å². The first-order valence-corrected chi connectivity index (χ1v) is 25.4. The van der Waals surface area contributed by atoms with E-state index in [1.165, 1.54) is 117 Å². The zero-order chi connectivity index (χ0) is 44.7. The highest BCUT2D eigenvalue weighted by Crippen LogP contribution is 2.47. The summed E-state index contributed by atoms with van der Waals surface area (Å²) >= 11 is 0. The summed E-state index contributed by atoms with van der Waals surface area (Å²) in [5.41, 5.74) is 8.44. The number of nitrogens with zero attached hydrogens (tertiary/aromatic N) is 1. The molecule has 0 aliphatic carbocycles. The van der Waals surface area contributed by atoms with Gasteiger partial charge in [0.15, 0.2) is 5.60 Å². The van der Waals surface area contributed by atoms with Gasteiger partial charge in [-0.05, 0) is 119 Å². The van der Waals surface area contributed by atoms with Crippen molar-refractivity contribution in [2.45, 2.75) is 129 Å². The molecule has 0 aromatic heterocycles. The van der Waals surface area contributed by atoms with Crippen LogP contribution in [-0.4, -0.2) is 26.3 Å². The van der Waals surface area contributed by atoms with Gasteiger partial charge in [-0.25, -0.2) is 0 Å². The van der Waals surface area contributed by atoms with E-state index in [1.807, 2.05) is 0 Å². The summed E-state index contributed by atoms with van der Waals surface area (Å²) < 4.78 is 19.8. The molecule has 6 aromatic carbocycles. The van der Waals surface area contributed by atoms with Crippen molar-refractivity contribution in [2.75, 3.05) is 31.2 Å². The fraction of sp³-hybridized carbons (Fsp3) is 0.410. The minimum Gasteiger partial charge on any atom is -0.494 e. The number of unbranched alkanes of at least 4 members (excludes halogenated alkanes) is 12. The van der Waals surface area contributed by atoms with E-state index in [1.54, 1.807) is 0 Å². The van der Waals surface area contributed by atoms with Crippen LogP contribution in [0.15, 0.2) is 133 Å². The van der Waals surface area contributed by atoms with Crippen molar-refractivity contribution >= 4 is 22.5 Å². The minimum atomic E-state index is -0.825. The largest absolute Gasteiger partial charge is 0.494 e. The van der Waals surface area contributed by atoms with Crippen LogP contribution in [-0.2, 0) is 5.60 Å². The molecule has 0 amide bonds. The molecule has 0 bridgehead atoms. The van der Waals surface area contributed by atoms with Crippen LogP contribution >= 0.6 is 0 Å². The molecule has 0 N–H and O–H groups in total. The lowest BCUT2D eigenvalue weighted by Crippen LogP contribution is -2.35. The Labute approximate surface area is 391 Å². The average Bonchev–Trinajstić information content (AvgIpc) is 3.36. The van der Waals surface area contributed by atoms with Gasteiger partial charge < -0.3 is 19.1 Å². The third-order valence-electron chi connectivity index (χ3n) is 13.9. The molecular weight excluding hydrogens is 795 g/mol. The van der Waals surface area contributed by atoms with Gasteiger partial charge in [-0.15, -0.1) is 0 Å². The van der Waals surface area contributed by atoms with E-state index in [9.17, 15) is 0 Å². The number of benzene rings is 6. The first kappa shape index (κ1) is 46.1. The van der Waals surface area contributed by atoms with Gasteiger partial charge in [-0.1, -0.05) is 183 Å². The molecule has 6 aromatic rings. The number of hydrogen-bond acceptors (Lipinski definition) is 4. The highest BCUT2D eigenvalue weighted by molar-refractivity contribution is 6.03. The van der Waals surface area contributed by atoms with Gasteiger partial charge in [0, 0.05) is 35.5 Å². The van der Waals surface area contributed by atoms with E-state index in [2.05, 4.69) is 165 Å². The number of rotatable bonds is 23. The van der Waals surface area contributed by atoms with E-state index in [0.29, 0.717) is 0 Å². The molecule has 4 heteroatoms. The Morgan fingerprint density at radius 3 is 1.60 bits per heavy atom. The molecule has 1 saturated heterocycles. The summed E-state index contributed by atoms with van der Waals surface area (Å²) in [6, 6.07) is 46.3. The maximum Gasteiger partial charge on any atom is 0.178 e. The fourth-order valence-corrected chi connectivity index (χ4v) is 9.82. The van der Waals surface area contributed by atoms with Gasteiger partial charge in [0.2, 0.25) is 0 Å². The molecule has 0 spiro atoms. The van der Waals surface area contributed by atoms with Crippen LogP contribution in [0.1, 0.15) is 140 Å². The van der Waals surface area contributed by atoms with Crippen LogP contribution in [0.25, 0.3) is 39.1 Å². The van der Waals surface area contributed by atoms with E-state index in [4.69, 9.17) is 14.2 Å². The number of piperidine rings is 1. The van der Waals surface area contributed by atoms with Crippen molar-refractivity contribution in [3.05, 3.63) is 150 Å².